The van der Waals surface area contributed by atoms with Crippen LogP contribution < -0.4 is 0 Å². The van der Waals surface area contributed by atoms with Crippen LogP contribution in [0.3, 0.4) is 0 Å². The van der Waals surface area contributed by atoms with Crippen molar-refractivity contribution in [3.05, 3.63) is 48.6 Å². The van der Waals surface area contributed by atoms with Gasteiger partial charge in [-0.25, -0.2) is 0 Å². The van der Waals surface area contributed by atoms with Crippen molar-refractivity contribution in [3.8, 4) is 0 Å². The molecule has 0 aliphatic heterocycles. The Labute approximate surface area is 216 Å². The van der Waals surface area contributed by atoms with E-state index in [2.05, 4.69) is 76.3 Å². The van der Waals surface area contributed by atoms with E-state index in [4.69, 9.17) is 0 Å². The zero-order valence-electron chi connectivity index (χ0n) is 23.9. The SMILES string of the molecule is CCCCCC/C=C/CCC/C=C/CCC(CC/C=C/CCC/C=C/CCCCCC)C(C)C. The molecule has 0 saturated carbocycles. The third kappa shape index (κ3) is 25.6. The van der Waals surface area contributed by atoms with Crippen LogP contribution in [0.4, 0.5) is 0 Å². The van der Waals surface area contributed by atoms with E-state index < -0.39 is 0 Å². The number of hydrogen-bond donors (Lipinski definition) is 0. The summed E-state index contributed by atoms with van der Waals surface area (Å²) in [5, 5.41) is 0. The van der Waals surface area contributed by atoms with Crippen LogP contribution in [0.1, 0.15) is 156 Å². The summed E-state index contributed by atoms with van der Waals surface area (Å²) in [5.74, 6) is 1.66. The molecule has 198 valence electrons. The van der Waals surface area contributed by atoms with Crippen molar-refractivity contribution in [2.45, 2.75) is 156 Å². The Bertz CT molecular complexity index is 448. The second-order valence-electron chi connectivity index (χ2n) is 10.6. The van der Waals surface area contributed by atoms with Crippen molar-refractivity contribution in [2.24, 2.45) is 11.8 Å². The van der Waals surface area contributed by atoms with Gasteiger partial charge in [-0.1, -0.05) is 115 Å². The molecule has 0 bridgehead atoms. The van der Waals surface area contributed by atoms with Crippen LogP contribution in [0, 0.1) is 11.8 Å². The molecule has 0 amide bonds. The van der Waals surface area contributed by atoms with Gasteiger partial charge in [0.25, 0.3) is 0 Å². The minimum absolute atomic E-state index is 0.798. The van der Waals surface area contributed by atoms with Crippen LogP contribution in [0.25, 0.3) is 0 Å². The van der Waals surface area contributed by atoms with Crippen LogP contribution in [-0.2, 0) is 0 Å². The largest absolute Gasteiger partial charge is 0.0885 e. The van der Waals surface area contributed by atoms with E-state index in [1.54, 1.807) is 0 Å². The highest BCUT2D eigenvalue weighted by Gasteiger charge is 2.11. The second kappa shape index (κ2) is 28.2. The number of rotatable bonds is 25. The molecule has 0 radical (unpaired) electrons. The fourth-order valence-corrected chi connectivity index (χ4v) is 4.46. The third-order valence-electron chi connectivity index (χ3n) is 6.95. The molecular formula is C34H62. The summed E-state index contributed by atoms with van der Waals surface area (Å²) < 4.78 is 0. The zero-order valence-corrected chi connectivity index (χ0v) is 23.9. The minimum atomic E-state index is 0.798. The highest BCUT2D eigenvalue weighted by atomic mass is 14.2. The summed E-state index contributed by atoms with van der Waals surface area (Å²) in [6, 6.07) is 0. The lowest BCUT2D eigenvalue weighted by molar-refractivity contribution is 0.341. The summed E-state index contributed by atoms with van der Waals surface area (Å²) in [5.41, 5.74) is 0. The number of unbranched alkanes of at least 4 members (excludes halogenated alkanes) is 12. The van der Waals surface area contributed by atoms with Gasteiger partial charge in [-0.05, 0) is 102 Å². The van der Waals surface area contributed by atoms with E-state index >= 15 is 0 Å². The standard InChI is InChI=1S/C34H62/c1-5-7-9-11-13-15-17-19-21-23-25-27-29-31-34(33(3)4)32-30-28-26-24-22-20-18-16-14-12-10-8-6-2/h15-18,25-28,33-34H,5-14,19-24,29-32H2,1-4H3/b17-15+,18-16+,27-25+,28-26+. The van der Waals surface area contributed by atoms with E-state index in [9.17, 15) is 0 Å². The predicted octanol–water partition coefficient (Wildman–Crippen LogP) is 12.3. The van der Waals surface area contributed by atoms with Crippen molar-refractivity contribution in [1.82, 2.24) is 0 Å². The highest BCUT2D eigenvalue weighted by molar-refractivity contribution is 4.88. The van der Waals surface area contributed by atoms with E-state index in [-0.39, 0.29) is 0 Å². The van der Waals surface area contributed by atoms with Crippen molar-refractivity contribution < 1.29 is 0 Å². The number of hydrogen-bond acceptors (Lipinski definition) is 0. The van der Waals surface area contributed by atoms with Gasteiger partial charge in [0.1, 0.15) is 0 Å². The molecule has 0 fully saturated rings. The van der Waals surface area contributed by atoms with E-state index in [0.717, 1.165) is 11.8 Å². The zero-order chi connectivity index (χ0) is 25.0. The first-order valence-corrected chi connectivity index (χ1v) is 15.3. The maximum atomic E-state index is 2.44. The molecule has 0 aliphatic rings. The summed E-state index contributed by atoms with van der Waals surface area (Å²) in [4.78, 5) is 0. The Morgan fingerprint density at radius 1 is 0.382 bits per heavy atom. The maximum Gasteiger partial charge on any atom is -0.0348 e. The van der Waals surface area contributed by atoms with Crippen molar-refractivity contribution in [3.63, 3.8) is 0 Å². The quantitative estimate of drug-likeness (QED) is 0.0918. The molecule has 0 aliphatic carbocycles. The Balaban J connectivity index is 3.69. The first-order valence-electron chi connectivity index (χ1n) is 15.3. The van der Waals surface area contributed by atoms with Crippen molar-refractivity contribution in [1.29, 1.82) is 0 Å². The summed E-state index contributed by atoms with van der Waals surface area (Å²) in [6.45, 7) is 9.37. The smallest absolute Gasteiger partial charge is 0.0348 e. The van der Waals surface area contributed by atoms with E-state index in [1.807, 2.05) is 0 Å². The summed E-state index contributed by atoms with van der Waals surface area (Å²) in [6.07, 6.45) is 45.6. The fraction of sp³-hybridized carbons (Fsp3) is 0.765. The van der Waals surface area contributed by atoms with Crippen LogP contribution >= 0.6 is 0 Å². The number of allylic oxidation sites excluding steroid dienone is 8. The topological polar surface area (TPSA) is 0 Å². The van der Waals surface area contributed by atoms with Crippen LogP contribution in [0.2, 0.25) is 0 Å². The van der Waals surface area contributed by atoms with Gasteiger partial charge < -0.3 is 0 Å². The average molecular weight is 471 g/mol. The molecule has 0 heteroatoms. The van der Waals surface area contributed by atoms with Gasteiger partial charge in [0, 0.05) is 0 Å². The molecule has 34 heavy (non-hydrogen) atoms. The molecule has 0 atom stereocenters. The Kier molecular flexibility index (Phi) is 27.3. The lowest BCUT2D eigenvalue weighted by atomic mass is 9.87. The molecular weight excluding hydrogens is 408 g/mol. The van der Waals surface area contributed by atoms with Crippen LogP contribution in [0.15, 0.2) is 48.6 Å². The summed E-state index contributed by atoms with van der Waals surface area (Å²) >= 11 is 0. The maximum absolute atomic E-state index is 2.44. The van der Waals surface area contributed by atoms with Gasteiger partial charge in [0.2, 0.25) is 0 Å². The first kappa shape index (κ1) is 33.0. The third-order valence-corrected chi connectivity index (χ3v) is 6.95. The molecule has 0 rings (SSSR count). The van der Waals surface area contributed by atoms with Gasteiger partial charge >= 0.3 is 0 Å². The van der Waals surface area contributed by atoms with E-state index in [1.165, 1.54) is 128 Å². The highest BCUT2D eigenvalue weighted by Crippen LogP contribution is 2.23. The lowest BCUT2D eigenvalue weighted by Gasteiger charge is -2.19. The average Bonchev–Trinajstić information content (AvgIpc) is 2.83. The monoisotopic (exact) mass is 470 g/mol. The van der Waals surface area contributed by atoms with Crippen molar-refractivity contribution >= 4 is 0 Å². The molecule has 0 aromatic rings. The normalized spacial score (nSPS) is 12.8. The second-order valence-corrected chi connectivity index (χ2v) is 10.6. The molecule has 0 spiro atoms. The Morgan fingerprint density at radius 2 is 0.706 bits per heavy atom. The molecule has 0 N–H and O–H groups in total. The van der Waals surface area contributed by atoms with Gasteiger partial charge in [-0.3, -0.25) is 0 Å². The minimum Gasteiger partial charge on any atom is -0.0885 e. The van der Waals surface area contributed by atoms with E-state index in [0.29, 0.717) is 0 Å². The lowest BCUT2D eigenvalue weighted by Crippen LogP contribution is -2.08. The fourth-order valence-electron chi connectivity index (χ4n) is 4.46. The van der Waals surface area contributed by atoms with Crippen molar-refractivity contribution in [2.75, 3.05) is 0 Å². The van der Waals surface area contributed by atoms with Gasteiger partial charge in [-0.2, -0.15) is 0 Å². The molecule has 0 saturated heterocycles. The molecule has 0 heterocycles. The predicted molar refractivity (Wildman–Crippen MR) is 159 cm³/mol. The molecule has 0 unspecified atom stereocenters. The van der Waals surface area contributed by atoms with Gasteiger partial charge in [0.15, 0.2) is 0 Å². The Morgan fingerprint density at radius 3 is 1.03 bits per heavy atom. The molecule has 0 nitrogen and oxygen atoms in total. The van der Waals surface area contributed by atoms with Crippen LogP contribution in [0.5, 0.6) is 0 Å². The molecule has 0 aromatic carbocycles. The molecule has 0 aromatic heterocycles. The van der Waals surface area contributed by atoms with Gasteiger partial charge in [-0.15, -0.1) is 0 Å². The van der Waals surface area contributed by atoms with Gasteiger partial charge in [0.05, 0.1) is 0 Å². The first-order chi connectivity index (χ1) is 16.7. The van der Waals surface area contributed by atoms with Crippen LogP contribution in [-0.4, -0.2) is 0 Å². The Hall–Kier alpha value is -1.04. The summed E-state index contributed by atoms with van der Waals surface area (Å²) in [7, 11) is 0.